The lowest BCUT2D eigenvalue weighted by molar-refractivity contribution is 0.00695. The Labute approximate surface area is 210 Å². The van der Waals surface area contributed by atoms with E-state index >= 15 is 0 Å². The topological polar surface area (TPSA) is 150 Å². The van der Waals surface area contributed by atoms with Crippen LogP contribution in [0.1, 0.15) is 24.4 Å². The molecule has 0 aliphatic heterocycles. The molecular formula is C26H34N8O2. The van der Waals surface area contributed by atoms with Crippen molar-refractivity contribution < 1.29 is 10.2 Å². The monoisotopic (exact) mass is 490 g/mol. The van der Waals surface area contributed by atoms with E-state index in [-0.39, 0.29) is 12.0 Å². The molecule has 36 heavy (non-hydrogen) atoms. The van der Waals surface area contributed by atoms with Gasteiger partial charge in [-0.25, -0.2) is 15.0 Å². The Hall–Kier alpha value is -3.31. The van der Waals surface area contributed by atoms with Crippen LogP contribution in [-0.4, -0.2) is 73.1 Å². The van der Waals surface area contributed by atoms with Gasteiger partial charge in [0.25, 0.3) is 0 Å². The molecule has 190 valence electrons. The molecule has 1 aliphatic rings. The molecule has 7 N–H and O–H groups in total. The van der Waals surface area contributed by atoms with E-state index in [1.807, 2.05) is 16.8 Å². The summed E-state index contributed by atoms with van der Waals surface area (Å²) in [7, 11) is 0. The molecule has 0 spiro atoms. The molecule has 3 aromatic heterocycles. The fraction of sp³-hybridized carbons (Fsp3) is 0.423. The van der Waals surface area contributed by atoms with E-state index in [0.29, 0.717) is 35.6 Å². The molecule has 1 saturated carbocycles. The van der Waals surface area contributed by atoms with Gasteiger partial charge in [0.05, 0.1) is 17.5 Å². The second-order valence-corrected chi connectivity index (χ2v) is 9.43. The molecule has 0 radical (unpaired) electrons. The first-order valence-corrected chi connectivity index (χ1v) is 12.6. The Morgan fingerprint density at radius 2 is 1.86 bits per heavy atom. The van der Waals surface area contributed by atoms with E-state index in [0.717, 1.165) is 38.0 Å². The number of fused-ring (bicyclic) bond motifs is 1. The first kappa shape index (κ1) is 24.4. The lowest BCUT2D eigenvalue weighted by Crippen LogP contribution is -2.34. The minimum atomic E-state index is -0.910. The van der Waals surface area contributed by atoms with Gasteiger partial charge in [0, 0.05) is 36.6 Å². The van der Waals surface area contributed by atoms with E-state index in [1.54, 1.807) is 12.4 Å². The third kappa shape index (κ3) is 5.12. The quantitative estimate of drug-likeness (QED) is 0.173. The highest BCUT2D eigenvalue weighted by Gasteiger charge is 2.43. The number of aliphatic hydroxyl groups excluding tert-OH is 2. The predicted octanol–water partition coefficient (Wildman–Crippen LogP) is 1.50. The molecule has 5 rings (SSSR count). The summed E-state index contributed by atoms with van der Waals surface area (Å²) in [5, 5.41) is 29.4. The van der Waals surface area contributed by atoms with Crippen LogP contribution < -0.4 is 16.4 Å². The van der Waals surface area contributed by atoms with Crippen molar-refractivity contribution in [3.63, 3.8) is 0 Å². The van der Waals surface area contributed by atoms with Crippen molar-refractivity contribution >= 4 is 16.9 Å². The average molecular weight is 491 g/mol. The summed E-state index contributed by atoms with van der Waals surface area (Å²) >= 11 is 0. The van der Waals surface area contributed by atoms with E-state index < -0.39 is 12.2 Å². The van der Waals surface area contributed by atoms with Crippen LogP contribution in [0.25, 0.3) is 22.4 Å². The minimum Gasteiger partial charge on any atom is -0.390 e. The lowest BCUT2D eigenvalue weighted by atomic mass is 10.1. The predicted molar refractivity (Wildman–Crippen MR) is 139 cm³/mol. The van der Waals surface area contributed by atoms with Crippen LogP contribution in [0.2, 0.25) is 0 Å². The molecule has 1 fully saturated rings. The maximum Gasteiger partial charge on any atom is 0.146 e. The number of imidazole rings is 1. The number of nitrogen functional groups attached to an aromatic ring is 1. The van der Waals surface area contributed by atoms with Crippen molar-refractivity contribution in [1.82, 2.24) is 35.1 Å². The maximum absolute atomic E-state index is 10.9. The van der Waals surface area contributed by atoms with Crippen LogP contribution in [0.4, 0.5) is 5.82 Å². The van der Waals surface area contributed by atoms with Crippen LogP contribution in [0, 0.1) is 5.92 Å². The molecule has 4 aromatic rings. The van der Waals surface area contributed by atoms with Gasteiger partial charge in [-0.1, -0.05) is 30.3 Å². The number of H-pyrrole nitrogens is 1. The van der Waals surface area contributed by atoms with Gasteiger partial charge in [0.2, 0.25) is 0 Å². The Morgan fingerprint density at radius 1 is 1.03 bits per heavy atom. The van der Waals surface area contributed by atoms with Crippen LogP contribution >= 0.6 is 0 Å². The minimum absolute atomic E-state index is 0.0697. The highest BCUT2D eigenvalue weighted by Crippen LogP contribution is 2.40. The van der Waals surface area contributed by atoms with Crippen molar-refractivity contribution in [3.05, 3.63) is 60.8 Å². The molecule has 3 heterocycles. The van der Waals surface area contributed by atoms with Crippen molar-refractivity contribution in [1.29, 1.82) is 0 Å². The molecule has 10 heteroatoms. The number of aromatic amines is 1. The van der Waals surface area contributed by atoms with Gasteiger partial charge in [-0.2, -0.15) is 0 Å². The van der Waals surface area contributed by atoms with Gasteiger partial charge >= 0.3 is 0 Å². The zero-order chi connectivity index (χ0) is 24.9. The molecule has 0 amide bonds. The summed E-state index contributed by atoms with van der Waals surface area (Å²) in [5.74, 6) is 0.942. The molecule has 1 aliphatic carbocycles. The van der Waals surface area contributed by atoms with Crippen molar-refractivity contribution in [3.8, 4) is 11.4 Å². The molecule has 1 aromatic carbocycles. The third-order valence-corrected chi connectivity index (χ3v) is 7.07. The number of nitrogens with two attached hydrogens (primary N) is 1. The second-order valence-electron chi connectivity index (χ2n) is 9.43. The fourth-order valence-electron chi connectivity index (χ4n) is 5.16. The van der Waals surface area contributed by atoms with Gasteiger partial charge in [-0.15, -0.1) is 0 Å². The van der Waals surface area contributed by atoms with Gasteiger partial charge in [0.1, 0.15) is 29.7 Å². The summed E-state index contributed by atoms with van der Waals surface area (Å²) in [6.45, 7) is 3.38. The van der Waals surface area contributed by atoms with Crippen LogP contribution in [0.15, 0.2) is 55.2 Å². The van der Waals surface area contributed by atoms with E-state index in [4.69, 9.17) is 5.73 Å². The maximum atomic E-state index is 10.9. The third-order valence-electron chi connectivity index (χ3n) is 7.07. The van der Waals surface area contributed by atoms with Crippen molar-refractivity contribution in [2.45, 2.75) is 37.5 Å². The average Bonchev–Trinajstić information content (AvgIpc) is 3.62. The number of hydrogen-bond acceptors (Lipinski definition) is 8. The summed E-state index contributed by atoms with van der Waals surface area (Å²) in [4.78, 5) is 16.0. The largest absolute Gasteiger partial charge is 0.390 e. The SMILES string of the molecule is Nc1ncnc2c1c(-c1ncc[nH]1)cn2[C@@H]1C[C@H](CNCCCNCCc2ccccc2)[C@@H](O)[C@H]1O. The number of nitrogens with zero attached hydrogens (tertiary/aromatic N) is 4. The Bertz CT molecular complexity index is 1240. The lowest BCUT2D eigenvalue weighted by Gasteiger charge is -2.19. The normalized spacial score (nSPS) is 21.9. The van der Waals surface area contributed by atoms with Gasteiger partial charge in [-0.3, -0.25) is 0 Å². The van der Waals surface area contributed by atoms with E-state index in [1.165, 1.54) is 11.9 Å². The fourth-order valence-corrected chi connectivity index (χ4v) is 5.16. The van der Waals surface area contributed by atoms with Gasteiger partial charge < -0.3 is 36.1 Å². The highest BCUT2D eigenvalue weighted by molar-refractivity contribution is 5.99. The van der Waals surface area contributed by atoms with Crippen molar-refractivity contribution in [2.24, 2.45) is 5.92 Å². The Balaban J connectivity index is 1.15. The first-order valence-electron chi connectivity index (χ1n) is 12.6. The van der Waals surface area contributed by atoms with Crippen LogP contribution in [0.3, 0.4) is 0 Å². The van der Waals surface area contributed by atoms with Gasteiger partial charge in [0.15, 0.2) is 0 Å². The van der Waals surface area contributed by atoms with Crippen LogP contribution in [-0.2, 0) is 6.42 Å². The Kier molecular flexibility index (Phi) is 7.57. The number of aromatic nitrogens is 5. The summed E-state index contributed by atoms with van der Waals surface area (Å²) < 4.78 is 1.91. The number of rotatable bonds is 11. The smallest absolute Gasteiger partial charge is 0.146 e. The molecule has 0 saturated heterocycles. The molecular weight excluding hydrogens is 456 g/mol. The molecule has 0 unspecified atom stereocenters. The van der Waals surface area contributed by atoms with E-state index in [2.05, 4.69) is 54.8 Å². The zero-order valence-electron chi connectivity index (χ0n) is 20.2. The summed E-state index contributed by atoms with van der Waals surface area (Å²) in [6, 6.07) is 10.1. The van der Waals surface area contributed by atoms with Crippen molar-refractivity contribution in [2.75, 3.05) is 31.9 Å². The Morgan fingerprint density at radius 3 is 2.67 bits per heavy atom. The zero-order valence-corrected chi connectivity index (χ0v) is 20.2. The van der Waals surface area contributed by atoms with E-state index in [9.17, 15) is 10.2 Å². The standard InChI is InChI=1S/C26H34N8O2/c27-24-21-19(25-30-11-12-31-25)15-34(26(21)33-16-32-24)20-13-18(22(35)23(20)36)14-29-9-4-8-28-10-7-17-5-2-1-3-6-17/h1-3,5-6,11-12,15-16,18,20,22-23,28-29,35-36H,4,7-10,13-14H2,(H,30,31)(H2,27,32,33)/t18-,20-,22-,23+/m1/s1. The van der Waals surface area contributed by atoms with Gasteiger partial charge in [-0.05, 0) is 44.5 Å². The van der Waals surface area contributed by atoms with Crippen LogP contribution in [0.5, 0.6) is 0 Å². The highest BCUT2D eigenvalue weighted by atomic mass is 16.3. The number of anilines is 1. The summed E-state index contributed by atoms with van der Waals surface area (Å²) in [6.07, 6.45) is 7.64. The number of hydrogen-bond donors (Lipinski definition) is 6. The number of nitrogens with one attached hydrogen (secondary N) is 3. The second kappa shape index (κ2) is 11.2. The molecule has 4 atom stereocenters. The molecule has 0 bridgehead atoms. The first-order chi connectivity index (χ1) is 17.6. The summed E-state index contributed by atoms with van der Waals surface area (Å²) in [5.41, 5.74) is 8.93. The number of aliphatic hydroxyl groups is 2. The molecule has 10 nitrogen and oxygen atoms in total. The number of benzene rings is 1.